The molecule has 0 aliphatic heterocycles. The standard InChI is InChI=1S/C27H23F2NO4/c1-15(10-25(31)30-24-12-18(28)8-9-23(24)29)20-13-21-22(17-6-5-7-19(11-17)32-3)14-34-27(21)16(2)26(20)33-4/h5-14H,1-4H3,(H,30,31)/b15-10+. The summed E-state index contributed by atoms with van der Waals surface area (Å²) < 4.78 is 44.2. The van der Waals surface area contributed by atoms with Crippen LogP contribution in [0.3, 0.4) is 0 Å². The van der Waals surface area contributed by atoms with E-state index in [4.69, 9.17) is 13.9 Å². The highest BCUT2D eigenvalue weighted by Crippen LogP contribution is 2.41. The predicted molar refractivity (Wildman–Crippen MR) is 128 cm³/mol. The van der Waals surface area contributed by atoms with E-state index >= 15 is 0 Å². The molecule has 0 aliphatic carbocycles. The maximum atomic E-state index is 13.9. The SMILES string of the molecule is COc1cccc(-c2coc3c(C)c(OC)c(/C(C)=C/C(=O)Nc4cc(F)ccc4F)cc23)c1. The number of anilines is 1. The Morgan fingerprint density at radius 1 is 1.06 bits per heavy atom. The maximum Gasteiger partial charge on any atom is 0.248 e. The minimum atomic E-state index is -0.725. The van der Waals surface area contributed by atoms with Crippen LogP contribution in [0.2, 0.25) is 0 Å². The number of nitrogens with one attached hydrogen (secondary N) is 1. The number of fused-ring (bicyclic) bond motifs is 1. The number of methoxy groups -OCH3 is 2. The van der Waals surface area contributed by atoms with Crippen molar-refractivity contribution in [2.24, 2.45) is 0 Å². The number of benzene rings is 3. The zero-order valence-electron chi connectivity index (χ0n) is 19.2. The minimum Gasteiger partial charge on any atom is -0.497 e. The van der Waals surface area contributed by atoms with E-state index in [-0.39, 0.29) is 5.69 Å². The van der Waals surface area contributed by atoms with Crippen molar-refractivity contribution in [2.45, 2.75) is 13.8 Å². The molecular weight excluding hydrogens is 440 g/mol. The third kappa shape index (κ3) is 4.37. The van der Waals surface area contributed by atoms with E-state index in [2.05, 4.69) is 5.32 Å². The van der Waals surface area contributed by atoms with Crippen LogP contribution in [0.5, 0.6) is 11.5 Å². The summed E-state index contributed by atoms with van der Waals surface area (Å²) in [5.74, 6) is -0.698. The molecule has 0 saturated carbocycles. The van der Waals surface area contributed by atoms with Crippen LogP contribution in [0, 0.1) is 18.6 Å². The summed E-state index contributed by atoms with van der Waals surface area (Å²) in [4.78, 5) is 12.6. The van der Waals surface area contributed by atoms with Crippen LogP contribution in [0.25, 0.3) is 27.7 Å². The molecule has 4 aromatic rings. The Kier molecular flexibility index (Phi) is 6.36. The van der Waals surface area contributed by atoms with Gasteiger partial charge in [0.2, 0.25) is 5.91 Å². The molecule has 7 heteroatoms. The van der Waals surface area contributed by atoms with Gasteiger partial charge in [0.25, 0.3) is 0 Å². The lowest BCUT2D eigenvalue weighted by Gasteiger charge is -2.13. The zero-order valence-corrected chi connectivity index (χ0v) is 19.2. The van der Waals surface area contributed by atoms with Crippen molar-refractivity contribution in [1.82, 2.24) is 0 Å². The molecule has 0 unspecified atom stereocenters. The molecule has 1 N–H and O–H groups in total. The molecule has 5 nitrogen and oxygen atoms in total. The van der Waals surface area contributed by atoms with Gasteiger partial charge in [-0.25, -0.2) is 8.78 Å². The van der Waals surface area contributed by atoms with E-state index in [0.29, 0.717) is 22.5 Å². The second-order valence-electron chi connectivity index (χ2n) is 7.78. The number of carbonyl (C=O) groups excluding carboxylic acids is 1. The number of furan rings is 1. The largest absolute Gasteiger partial charge is 0.497 e. The average Bonchev–Trinajstić information content (AvgIpc) is 3.25. The van der Waals surface area contributed by atoms with Gasteiger partial charge in [-0.05, 0) is 55.3 Å². The highest BCUT2D eigenvalue weighted by atomic mass is 19.1. The van der Waals surface area contributed by atoms with Crippen molar-refractivity contribution in [3.8, 4) is 22.6 Å². The summed E-state index contributed by atoms with van der Waals surface area (Å²) in [6.45, 7) is 3.62. The molecule has 4 rings (SSSR count). The Hall–Kier alpha value is -4.13. The molecule has 0 atom stereocenters. The van der Waals surface area contributed by atoms with Crippen molar-refractivity contribution in [1.29, 1.82) is 0 Å². The third-order valence-electron chi connectivity index (χ3n) is 5.59. The molecule has 0 radical (unpaired) electrons. The Morgan fingerprint density at radius 2 is 1.85 bits per heavy atom. The Balaban J connectivity index is 1.77. The van der Waals surface area contributed by atoms with Crippen molar-refractivity contribution >= 4 is 28.1 Å². The lowest BCUT2D eigenvalue weighted by molar-refractivity contribution is -0.111. The summed E-state index contributed by atoms with van der Waals surface area (Å²) in [6.07, 6.45) is 2.99. The zero-order chi connectivity index (χ0) is 24.4. The summed E-state index contributed by atoms with van der Waals surface area (Å²) in [7, 11) is 3.15. The molecule has 0 aliphatic rings. The number of hydrogen-bond donors (Lipinski definition) is 1. The fourth-order valence-electron chi connectivity index (χ4n) is 3.92. The molecule has 1 aromatic heterocycles. The van der Waals surface area contributed by atoms with Gasteiger partial charge in [0.1, 0.15) is 28.7 Å². The number of carbonyl (C=O) groups is 1. The number of ether oxygens (including phenoxy) is 2. The van der Waals surface area contributed by atoms with Crippen molar-refractivity contribution in [2.75, 3.05) is 19.5 Å². The molecule has 1 amide bonds. The number of aryl methyl sites for hydroxylation is 1. The first-order valence-corrected chi connectivity index (χ1v) is 10.5. The number of halogens is 2. The molecular formula is C27H23F2NO4. The molecule has 174 valence electrons. The summed E-state index contributed by atoms with van der Waals surface area (Å²) >= 11 is 0. The van der Waals surface area contributed by atoms with Crippen molar-refractivity contribution in [3.63, 3.8) is 0 Å². The molecule has 34 heavy (non-hydrogen) atoms. The first-order chi connectivity index (χ1) is 16.3. The normalized spacial score (nSPS) is 11.5. The molecule has 0 saturated heterocycles. The first kappa shape index (κ1) is 23.0. The van der Waals surface area contributed by atoms with E-state index in [1.165, 1.54) is 6.08 Å². The van der Waals surface area contributed by atoms with Crippen LogP contribution in [0.1, 0.15) is 18.1 Å². The third-order valence-corrected chi connectivity index (χ3v) is 5.59. The van der Waals surface area contributed by atoms with E-state index in [1.54, 1.807) is 27.4 Å². The lowest BCUT2D eigenvalue weighted by atomic mass is 9.96. The average molecular weight is 463 g/mol. The van der Waals surface area contributed by atoms with Gasteiger partial charge in [0, 0.05) is 34.2 Å². The van der Waals surface area contributed by atoms with Crippen LogP contribution in [-0.2, 0) is 4.79 Å². The highest BCUT2D eigenvalue weighted by Gasteiger charge is 2.19. The summed E-state index contributed by atoms with van der Waals surface area (Å²) in [5, 5.41) is 3.22. The number of hydrogen-bond acceptors (Lipinski definition) is 4. The number of amides is 1. The van der Waals surface area contributed by atoms with Gasteiger partial charge in [-0.2, -0.15) is 0 Å². The molecule has 0 bridgehead atoms. The van der Waals surface area contributed by atoms with Crippen molar-refractivity contribution < 1.29 is 27.5 Å². The fourth-order valence-corrected chi connectivity index (χ4v) is 3.92. The molecule has 3 aromatic carbocycles. The fraction of sp³-hybridized carbons (Fsp3) is 0.148. The first-order valence-electron chi connectivity index (χ1n) is 10.5. The Morgan fingerprint density at radius 3 is 2.59 bits per heavy atom. The monoisotopic (exact) mass is 463 g/mol. The number of allylic oxidation sites excluding steroid dienone is 1. The van der Waals surface area contributed by atoms with Gasteiger partial charge in [-0.1, -0.05) is 12.1 Å². The van der Waals surface area contributed by atoms with E-state index < -0.39 is 17.5 Å². The summed E-state index contributed by atoms with van der Waals surface area (Å²) in [6, 6.07) is 12.4. The predicted octanol–water partition coefficient (Wildman–Crippen LogP) is 6.75. The number of rotatable bonds is 6. The van der Waals surface area contributed by atoms with Gasteiger partial charge >= 0.3 is 0 Å². The van der Waals surface area contributed by atoms with E-state index in [0.717, 1.165) is 46.0 Å². The maximum absolute atomic E-state index is 13.9. The van der Waals surface area contributed by atoms with Gasteiger partial charge < -0.3 is 19.2 Å². The highest BCUT2D eigenvalue weighted by molar-refractivity contribution is 6.06. The van der Waals surface area contributed by atoms with Crippen LogP contribution >= 0.6 is 0 Å². The van der Waals surface area contributed by atoms with Crippen LogP contribution in [-0.4, -0.2) is 20.1 Å². The molecule has 0 spiro atoms. The van der Waals surface area contributed by atoms with Gasteiger partial charge in [-0.3, -0.25) is 4.79 Å². The smallest absolute Gasteiger partial charge is 0.248 e. The topological polar surface area (TPSA) is 60.7 Å². The van der Waals surface area contributed by atoms with E-state index in [9.17, 15) is 13.6 Å². The van der Waals surface area contributed by atoms with Crippen LogP contribution in [0.15, 0.2) is 65.3 Å². The van der Waals surface area contributed by atoms with E-state index in [1.807, 2.05) is 37.3 Å². The quantitative estimate of drug-likeness (QED) is 0.322. The molecule has 0 fully saturated rings. The van der Waals surface area contributed by atoms with Crippen LogP contribution in [0.4, 0.5) is 14.5 Å². The Labute approximate surface area is 195 Å². The lowest BCUT2D eigenvalue weighted by Crippen LogP contribution is -2.10. The van der Waals surface area contributed by atoms with Gasteiger partial charge in [0.15, 0.2) is 0 Å². The molecule has 1 heterocycles. The Bertz CT molecular complexity index is 1420. The van der Waals surface area contributed by atoms with Gasteiger partial charge in [-0.15, -0.1) is 0 Å². The summed E-state index contributed by atoms with van der Waals surface area (Å²) in [5.41, 5.74) is 4.23. The van der Waals surface area contributed by atoms with Crippen molar-refractivity contribution in [3.05, 3.63) is 83.6 Å². The minimum absolute atomic E-state index is 0.234. The van der Waals surface area contributed by atoms with Crippen LogP contribution < -0.4 is 14.8 Å². The second-order valence-corrected chi connectivity index (χ2v) is 7.78. The second kappa shape index (κ2) is 9.39. The van der Waals surface area contributed by atoms with Gasteiger partial charge in [0.05, 0.1) is 26.2 Å².